The predicted octanol–water partition coefficient (Wildman–Crippen LogP) is 2.96. The van der Waals surface area contributed by atoms with Crippen LogP contribution in [0.25, 0.3) is 0 Å². The van der Waals surface area contributed by atoms with Crippen molar-refractivity contribution < 1.29 is 0 Å². The van der Waals surface area contributed by atoms with Gasteiger partial charge >= 0.3 is 0 Å². The summed E-state index contributed by atoms with van der Waals surface area (Å²) in [6.45, 7) is 4.06. The van der Waals surface area contributed by atoms with Crippen LogP contribution >= 0.6 is 0 Å². The molecule has 0 aliphatic carbocycles. The Labute approximate surface area is 95.6 Å². The summed E-state index contributed by atoms with van der Waals surface area (Å²) in [7, 11) is 0. The molecular weight excluding hydrogens is 198 g/mol. The monoisotopic (exact) mass is 213 g/mol. The van der Waals surface area contributed by atoms with Gasteiger partial charge in [0.2, 0.25) is 0 Å². The summed E-state index contributed by atoms with van der Waals surface area (Å²) in [5.41, 5.74) is 3.06. The Morgan fingerprint density at radius 2 is 1.75 bits per heavy atom. The highest BCUT2D eigenvalue weighted by molar-refractivity contribution is 5.44. The van der Waals surface area contributed by atoms with Crippen LogP contribution in [0.4, 0.5) is 5.69 Å². The minimum absolute atomic E-state index is 0.163. The summed E-state index contributed by atoms with van der Waals surface area (Å²) in [5, 5.41) is 3.40. The van der Waals surface area contributed by atoms with Crippen LogP contribution < -0.4 is 5.32 Å². The molecule has 0 spiro atoms. The van der Waals surface area contributed by atoms with Gasteiger partial charge in [0.15, 0.2) is 0 Å². The van der Waals surface area contributed by atoms with Crippen molar-refractivity contribution in [2.45, 2.75) is 19.9 Å². The fourth-order valence-corrected chi connectivity index (χ4v) is 1.70. The molecule has 1 aromatic carbocycles. The van der Waals surface area contributed by atoms with Crippen molar-refractivity contribution >= 4 is 5.69 Å². The first-order valence-corrected chi connectivity index (χ1v) is 5.36. The minimum atomic E-state index is 0.163. The number of nitrogens with zero attached hydrogens (tertiary/aromatic N) is 2. The zero-order chi connectivity index (χ0) is 11.4. The van der Waals surface area contributed by atoms with E-state index in [2.05, 4.69) is 22.2 Å². The van der Waals surface area contributed by atoms with Gasteiger partial charge in [-0.25, -0.2) is 0 Å². The number of hydrogen-bond acceptors (Lipinski definition) is 3. The Bertz CT molecular complexity index is 454. The Morgan fingerprint density at radius 1 is 1.06 bits per heavy atom. The smallest absolute Gasteiger partial charge is 0.0835 e. The molecule has 0 aliphatic heterocycles. The van der Waals surface area contributed by atoms with Gasteiger partial charge in [-0.1, -0.05) is 18.2 Å². The Morgan fingerprint density at radius 3 is 2.44 bits per heavy atom. The lowest BCUT2D eigenvalue weighted by Gasteiger charge is -2.15. The molecule has 0 fully saturated rings. The molecular formula is C13H15N3. The van der Waals surface area contributed by atoms with Crippen LogP contribution in [0.5, 0.6) is 0 Å². The molecule has 82 valence electrons. The van der Waals surface area contributed by atoms with Gasteiger partial charge in [0.1, 0.15) is 0 Å². The lowest BCUT2D eigenvalue weighted by Crippen LogP contribution is -2.10. The number of hydrogen-bond donors (Lipinski definition) is 1. The highest BCUT2D eigenvalue weighted by Crippen LogP contribution is 2.18. The maximum absolute atomic E-state index is 4.35. The molecule has 0 saturated carbocycles. The molecule has 1 aromatic heterocycles. The number of anilines is 1. The van der Waals surface area contributed by atoms with E-state index in [0.717, 1.165) is 17.1 Å². The van der Waals surface area contributed by atoms with Crippen LogP contribution in [0, 0.1) is 6.92 Å². The standard InChI is InChI=1S/C13H15N3/c1-10-13(15-9-8-14-10)11(2)16-12-6-4-3-5-7-12/h3-9,11,16H,1-2H3. The van der Waals surface area contributed by atoms with Gasteiger partial charge in [-0.15, -0.1) is 0 Å². The highest BCUT2D eigenvalue weighted by atomic mass is 15.0. The van der Waals surface area contributed by atoms with Crippen molar-refractivity contribution in [1.29, 1.82) is 0 Å². The second-order valence-corrected chi connectivity index (χ2v) is 3.76. The maximum Gasteiger partial charge on any atom is 0.0835 e. The fraction of sp³-hybridized carbons (Fsp3) is 0.231. The molecule has 1 unspecified atom stereocenters. The predicted molar refractivity (Wildman–Crippen MR) is 65.2 cm³/mol. The topological polar surface area (TPSA) is 37.8 Å². The van der Waals surface area contributed by atoms with Crippen LogP contribution in [0.2, 0.25) is 0 Å². The summed E-state index contributed by atoms with van der Waals surface area (Å²) in [6, 6.07) is 10.3. The third-order valence-electron chi connectivity index (χ3n) is 2.49. The number of para-hydroxylation sites is 1. The van der Waals surface area contributed by atoms with Crippen LogP contribution in [-0.4, -0.2) is 9.97 Å². The van der Waals surface area contributed by atoms with Crippen LogP contribution in [0.1, 0.15) is 24.4 Å². The first-order chi connectivity index (χ1) is 7.77. The zero-order valence-electron chi connectivity index (χ0n) is 9.51. The van der Waals surface area contributed by atoms with Gasteiger partial charge in [-0.3, -0.25) is 9.97 Å². The van der Waals surface area contributed by atoms with E-state index >= 15 is 0 Å². The number of nitrogens with one attached hydrogen (secondary N) is 1. The number of aromatic nitrogens is 2. The van der Waals surface area contributed by atoms with Crippen molar-refractivity contribution in [2.75, 3.05) is 5.32 Å². The third-order valence-corrected chi connectivity index (χ3v) is 2.49. The van der Waals surface area contributed by atoms with Gasteiger partial charge in [-0.05, 0) is 26.0 Å². The number of aryl methyl sites for hydroxylation is 1. The second kappa shape index (κ2) is 4.75. The SMILES string of the molecule is Cc1nccnc1C(C)Nc1ccccc1. The van der Waals surface area contributed by atoms with E-state index in [9.17, 15) is 0 Å². The highest BCUT2D eigenvalue weighted by Gasteiger charge is 2.09. The lowest BCUT2D eigenvalue weighted by atomic mass is 10.2. The van der Waals surface area contributed by atoms with Gasteiger partial charge in [0, 0.05) is 18.1 Å². The van der Waals surface area contributed by atoms with Crippen molar-refractivity contribution in [3.05, 3.63) is 54.1 Å². The maximum atomic E-state index is 4.35. The molecule has 2 aromatic rings. The van der Waals surface area contributed by atoms with Gasteiger partial charge in [-0.2, -0.15) is 0 Å². The Balaban J connectivity index is 2.15. The van der Waals surface area contributed by atoms with E-state index in [1.54, 1.807) is 12.4 Å². The quantitative estimate of drug-likeness (QED) is 0.851. The molecule has 1 N–H and O–H groups in total. The van der Waals surface area contributed by atoms with Crippen molar-refractivity contribution in [3.8, 4) is 0 Å². The summed E-state index contributed by atoms with van der Waals surface area (Å²) < 4.78 is 0. The molecule has 3 nitrogen and oxygen atoms in total. The van der Waals surface area contributed by atoms with E-state index in [1.165, 1.54) is 0 Å². The first kappa shape index (κ1) is 10.6. The van der Waals surface area contributed by atoms with Crippen LogP contribution in [-0.2, 0) is 0 Å². The van der Waals surface area contributed by atoms with Crippen molar-refractivity contribution in [1.82, 2.24) is 9.97 Å². The average Bonchev–Trinajstić information content (AvgIpc) is 2.31. The van der Waals surface area contributed by atoms with Gasteiger partial charge < -0.3 is 5.32 Å². The summed E-state index contributed by atoms with van der Waals surface area (Å²) in [4.78, 5) is 8.59. The zero-order valence-corrected chi connectivity index (χ0v) is 9.51. The van der Waals surface area contributed by atoms with Crippen LogP contribution in [0.15, 0.2) is 42.7 Å². The molecule has 0 saturated heterocycles. The van der Waals surface area contributed by atoms with Gasteiger partial charge in [0.05, 0.1) is 17.4 Å². The summed E-state index contributed by atoms with van der Waals surface area (Å²) in [6.07, 6.45) is 3.44. The molecule has 0 radical (unpaired) electrons. The van der Waals surface area contributed by atoms with E-state index in [0.29, 0.717) is 0 Å². The fourth-order valence-electron chi connectivity index (χ4n) is 1.70. The van der Waals surface area contributed by atoms with Crippen molar-refractivity contribution in [3.63, 3.8) is 0 Å². The molecule has 1 atom stereocenters. The Hall–Kier alpha value is -1.90. The summed E-state index contributed by atoms with van der Waals surface area (Å²) in [5.74, 6) is 0. The third kappa shape index (κ3) is 2.37. The average molecular weight is 213 g/mol. The number of rotatable bonds is 3. The van der Waals surface area contributed by atoms with E-state index in [4.69, 9.17) is 0 Å². The van der Waals surface area contributed by atoms with Crippen molar-refractivity contribution in [2.24, 2.45) is 0 Å². The minimum Gasteiger partial charge on any atom is -0.377 e. The normalized spacial score (nSPS) is 12.1. The molecule has 3 heteroatoms. The molecule has 0 amide bonds. The second-order valence-electron chi connectivity index (χ2n) is 3.76. The molecule has 2 rings (SSSR count). The number of benzene rings is 1. The van der Waals surface area contributed by atoms with Gasteiger partial charge in [0.25, 0.3) is 0 Å². The van der Waals surface area contributed by atoms with E-state index in [1.807, 2.05) is 37.3 Å². The van der Waals surface area contributed by atoms with E-state index in [-0.39, 0.29) is 6.04 Å². The molecule has 1 heterocycles. The largest absolute Gasteiger partial charge is 0.377 e. The Kier molecular flexibility index (Phi) is 3.15. The first-order valence-electron chi connectivity index (χ1n) is 5.36. The van der Waals surface area contributed by atoms with E-state index < -0.39 is 0 Å². The summed E-state index contributed by atoms with van der Waals surface area (Å²) >= 11 is 0. The lowest BCUT2D eigenvalue weighted by molar-refractivity contribution is 0.810. The van der Waals surface area contributed by atoms with Crippen LogP contribution in [0.3, 0.4) is 0 Å². The molecule has 16 heavy (non-hydrogen) atoms. The molecule has 0 bridgehead atoms. The molecule has 0 aliphatic rings.